The van der Waals surface area contributed by atoms with Gasteiger partial charge in [-0.25, -0.2) is 9.59 Å². The van der Waals surface area contributed by atoms with Crippen LogP contribution in [0.2, 0.25) is 10.0 Å². The summed E-state index contributed by atoms with van der Waals surface area (Å²) in [5.41, 5.74) is 12.6. The van der Waals surface area contributed by atoms with Crippen LogP contribution in [0.15, 0.2) is 58.5 Å². The summed E-state index contributed by atoms with van der Waals surface area (Å²) in [5.74, 6) is 0.0959. The minimum absolute atomic E-state index is 0. The Morgan fingerprint density at radius 3 is 1.34 bits per heavy atom. The minimum Gasteiger partial charge on any atom is -0.370 e. The highest BCUT2D eigenvalue weighted by atomic mass is 35.5. The van der Waals surface area contributed by atoms with Gasteiger partial charge in [-0.2, -0.15) is 0 Å². The highest BCUT2D eigenvalue weighted by Gasteiger charge is 2.04. The highest BCUT2D eigenvalue weighted by molar-refractivity contribution is 6.31. The molecule has 13 heteroatoms. The zero-order valence-electron chi connectivity index (χ0n) is 18.9. The Hall–Kier alpha value is -3.21. The average molecular weight is 544 g/mol. The number of hydrogen-bond donors (Lipinski definition) is 6. The Bertz CT molecular complexity index is 917. The number of carbonyl (C=O) groups excluding carboxylic acids is 2. The van der Waals surface area contributed by atoms with E-state index in [1.165, 1.54) is 0 Å². The molecule has 0 heterocycles. The number of benzene rings is 2. The molecule has 0 bridgehead atoms. The first-order chi connectivity index (χ1) is 16.3. The number of urea groups is 2. The van der Waals surface area contributed by atoms with Crippen molar-refractivity contribution in [1.29, 1.82) is 0 Å². The molecule has 35 heavy (non-hydrogen) atoms. The van der Waals surface area contributed by atoms with E-state index in [1.54, 1.807) is 48.5 Å². The molecule has 8 N–H and O–H groups in total. The summed E-state index contributed by atoms with van der Waals surface area (Å²) in [4.78, 5) is 32.0. The molecule has 2 aromatic carbocycles. The minimum atomic E-state index is -0.477. The maximum Gasteiger partial charge on any atom is 0.325 e. The molecule has 2 rings (SSSR count). The predicted octanol–water partition coefficient (Wildman–Crippen LogP) is 4.55. The fraction of sp³-hybridized carbons (Fsp3) is 0.273. The van der Waals surface area contributed by atoms with E-state index in [0.29, 0.717) is 34.5 Å². The van der Waals surface area contributed by atoms with Gasteiger partial charge in [-0.15, -0.1) is 12.4 Å². The lowest BCUT2D eigenvalue weighted by molar-refractivity contribution is 0.255. The van der Waals surface area contributed by atoms with Gasteiger partial charge in [0.25, 0.3) is 0 Å². The van der Waals surface area contributed by atoms with Crippen molar-refractivity contribution in [3.05, 3.63) is 58.6 Å². The topological polar surface area (TPSA) is 159 Å². The van der Waals surface area contributed by atoms with Gasteiger partial charge in [-0.1, -0.05) is 36.0 Å². The van der Waals surface area contributed by atoms with Crippen molar-refractivity contribution in [2.75, 3.05) is 23.7 Å². The van der Waals surface area contributed by atoms with Crippen molar-refractivity contribution in [2.24, 2.45) is 21.5 Å². The summed E-state index contributed by atoms with van der Waals surface area (Å²) in [6, 6.07) is 12.4. The molecule has 0 aliphatic carbocycles. The second kappa shape index (κ2) is 16.4. The number of halogens is 3. The Kier molecular flexibility index (Phi) is 14.0. The van der Waals surface area contributed by atoms with Gasteiger partial charge in [0.05, 0.1) is 0 Å². The zero-order chi connectivity index (χ0) is 24.8. The molecule has 10 nitrogen and oxygen atoms in total. The summed E-state index contributed by atoms with van der Waals surface area (Å²) in [6.45, 7) is 0.982. The van der Waals surface area contributed by atoms with E-state index in [2.05, 4.69) is 31.3 Å². The van der Waals surface area contributed by atoms with Crippen molar-refractivity contribution in [3.8, 4) is 0 Å². The largest absolute Gasteiger partial charge is 0.370 e. The summed E-state index contributed by atoms with van der Waals surface area (Å²) in [6.07, 6.45) is 3.44. The number of amides is 4. The predicted molar refractivity (Wildman–Crippen MR) is 146 cm³/mol. The van der Waals surface area contributed by atoms with Crippen LogP contribution in [0, 0.1) is 0 Å². The number of nitrogens with two attached hydrogens (primary N) is 2. The van der Waals surface area contributed by atoms with Gasteiger partial charge >= 0.3 is 12.1 Å². The molecular weight excluding hydrogens is 515 g/mol. The number of hydrogen-bond acceptors (Lipinski definition) is 4. The van der Waals surface area contributed by atoms with Crippen LogP contribution in [-0.2, 0) is 0 Å². The number of aliphatic imine (C=N–C) groups is 2. The first kappa shape index (κ1) is 29.8. The van der Waals surface area contributed by atoms with Gasteiger partial charge in [-0.3, -0.25) is 20.6 Å². The third-order valence-corrected chi connectivity index (χ3v) is 4.82. The molecule has 2 aromatic rings. The number of nitrogens with one attached hydrogen (secondary N) is 4. The van der Waals surface area contributed by atoms with Crippen LogP contribution in [0.3, 0.4) is 0 Å². The second-order valence-electron chi connectivity index (χ2n) is 7.12. The molecule has 0 aliphatic rings. The number of anilines is 2. The maximum absolute atomic E-state index is 11.9. The number of rotatable bonds is 9. The Labute approximate surface area is 220 Å². The molecule has 0 aromatic heterocycles. The number of nitrogens with zero attached hydrogens (tertiary/aromatic N) is 2. The molecule has 0 unspecified atom stereocenters. The maximum atomic E-state index is 11.9. The van der Waals surface area contributed by atoms with E-state index in [0.717, 1.165) is 25.7 Å². The van der Waals surface area contributed by atoms with Gasteiger partial charge in [0.2, 0.25) is 0 Å². The molecule has 0 aliphatic heterocycles. The summed E-state index contributed by atoms with van der Waals surface area (Å²) >= 11 is 11.6. The standard InChI is InChI=1S/C22H28Cl2N8O2.ClH/c23-15-5-9-17(10-6-15)29-21(33)31-19(25)27-13-3-1-2-4-14-28-20(26)32-22(34)30-18-11-7-16(24)8-12-18;/h5-12H,1-4,13-14H2,(H4,25,27,29,31,33)(H4,26,28,30,32,34);1H. The third-order valence-electron chi connectivity index (χ3n) is 4.32. The van der Waals surface area contributed by atoms with Gasteiger partial charge in [-0.05, 0) is 61.4 Å². The van der Waals surface area contributed by atoms with Gasteiger partial charge in [0.15, 0.2) is 11.9 Å². The molecule has 0 atom stereocenters. The van der Waals surface area contributed by atoms with Crippen LogP contribution in [-0.4, -0.2) is 37.1 Å². The molecule has 0 saturated heterocycles. The molecule has 0 radical (unpaired) electrons. The first-order valence-electron chi connectivity index (χ1n) is 10.6. The SMILES string of the molecule is Cl.NC(=NCCCCCCN=C(N)NC(=O)Nc1ccc(Cl)cc1)NC(=O)Nc1ccc(Cl)cc1. The average Bonchev–Trinajstić information content (AvgIpc) is 2.78. The highest BCUT2D eigenvalue weighted by Crippen LogP contribution is 2.13. The van der Waals surface area contributed by atoms with Crippen LogP contribution in [0.4, 0.5) is 21.0 Å². The first-order valence-corrected chi connectivity index (χ1v) is 11.3. The fourth-order valence-corrected chi connectivity index (χ4v) is 2.93. The molecule has 0 spiro atoms. The lowest BCUT2D eigenvalue weighted by Gasteiger charge is -2.07. The molecule has 0 fully saturated rings. The Morgan fingerprint density at radius 1 is 0.657 bits per heavy atom. The quantitative estimate of drug-likeness (QED) is 0.156. The van der Waals surface area contributed by atoms with E-state index < -0.39 is 12.1 Å². The smallest absolute Gasteiger partial charge is 0.325 e. The number of guanidine groups is 2. The van der Waals surface area contributed by atoms with Crippen molar-refractivity contribution < 1.29 is 9.59 Å². The van der Waals surface area contributed by atoms with Crippen LogP contribution < -0.4 is 32.7 Å². The lowest BCUT2D eigenvalue weighted by Crippen LogP contribution is -2.39. The summed E-state index contributed by atoms with van der Waals surface area (Å²) < 4.78 is 0. The van der Waals surface area contributed by atoms with E-state index in [9.17, 15) is 9.59 Å². The Morgan fingerprint density at radius 2 is 1.00 bits per heavy atom. The molecule has 4 amide bonds. The van der Waals surface area contributed by atoms with Crippen LogP contribution in [0.1, 0.15) is 25.7 Å². The number of unbranched alkanes of at least 4 members (excludes halogenated alkanes) is 3. The zero-order valence-corrected chi connectivity index (χ0v) is 21.2. The third kappa shape index (κ3) is 13.3. The van der Waals surface area contributed by atoms with E-state index >= 15 is 0 Å². The van der Waals surface area contributed by atoms with Crippen LogP contribution in [0.5, 0.6) is 0 Å². The van der Waals surface area contributed by atoms with Crippen molar-refractivity contribution in [1.82, 2.24) is 10.6 Å². The number of carbonyl (C=O) groups is 2. The van der Waals surface area contributed by atoms with Gasteiger partial charge in [0, 0.05) is 34.5 Å². The molecule has 0 saturated carbocycles. The monoisotopic (exact) mass is 542 g/mol. The van der Waals surface area contributed by atoms with E-state index in [-0.39, 0.29) is 24.3 Å². The van der Waals surface area contributed by atoms with Gasteiger partial charge in [0.1, 0.15) is 0 Å². The van der Waals surface area contributed by atoms with Crippen molar-refractivity contribution in [2.45, 2.75) is 25.7 Å². The summed E-state index contributed by atoms with van der Waals surface area (Å²) in [7, 11) is 0. The Balaban J connectivity index is 0.00000612. The van der Waals surface area contributed by atoms with E-state index in [4.69, 9.17) is 34.7 Å². The van der Waals surface area contributed by atoms with Gasteiger partial charge < -0.3 is 22.1 Å². The fourth-order valence-electron chi connectivity index (χ4n) is 2.68. The summed E-state index contributed by atoms with van der Waals surface area (Å²) in [5, 5.41) is 11.4. The van der Waals surface area contributed by atoms with Crippen molar-refractivity contribution in [3.63, 3.8) is 0 Å². The second-order valence-corrected chi connectivity index (χ2v) is 7.99. The lowest BCUT2D eigenvalue weighted by atomic mass is 10.2. The van der Waals surface area contributed by atoms with Crippen LogP contribution >= 0.6 is 35.6 Å². The van der Waals surface area contributed by atoms with Crippen molar-refractivity contribution >= 4 is 71.0 Å². The van der Waals surface area contributed by atoms with Crippen LogP contribution in [0.25, 0.3) is 0 Å². The molecule has 190 valence electrons. The normalized spacial score (nSPS) is 11.3. The molecular formula is C22H29Cl3N8O2. The van der Waals surface area contributed by atoms with E-state index in [1.807, 2.05) is 0 Å².